The van der Waals surface area contributed by atoms with Crippen LogP contribution in [0.25, 0.3) is 0 Å². The summed E-state index contributed by atoms with van der Waals surface area (Å²) in [5, 5.41) is 10.4. The van der Waals surface area contributed by atoms with Gasteiger partial charge in [0.15, 0.2) is 5.41 Å². The summed E-state index contributed by atoms with van der Waals surface area (Å²) >= 11 is 0.896. The number of hydrogen-bond donors (Lipinski definition) is 1. The molecule has 2 rings (SSSR count). The molecule has 17 heavy (non-hydrogen) atoms. The van der Waals surface area contributed by atoms with Crippen molar-refractivity contribution < 1.29 is 28.2 Å². The highest BCUT2D eigenvalue weighted by Gasteiger charge is 2.78. The first-order chi connectivity index (χ1) is 7.87. The van der Waals surface area contributed by atoms with E-state index >= 15 is 0 Å². The van der Waals surface area contributed by atoms with Crippen LogP contribution < -0.4 is 0 Å². The highest BCUT2D eigenvalue weighted by atomic mass is 32.1. The maximum absolute atomic E-state index is 13.3. The van der Waals surface area contributed by atoms with E-state index in [0.717, 1.165) is 18.4 Å². The number of hydrogen-bond acceptors (Lipinski definition) is 4. The van der Waals surface area contributed by atoms with Crippen molar-refractivity contribution in [2.45, 2.75) is 17.8 Å². The predicted octanol–water partition coefficient (Wildman–Crippen LogP) is 1.90. The lowest BCUT2D eigenvalue weighted by Crippen LogP contribution is -2.28. The number of halogens is 2. The normalized spacial score (nSPS) is 25.4. The van der Waals surface area contributed by atoms with Crippen molar-refractivity contribution in [2.75, 3.05) is 7.11 Å². The molecule has 1 atom stereocenters. The molecule has 4 nitrogen and oxygen atoms in total. The van der Waals surface area contributed by atoms with E-state index < -0.39 is 29.7 Å². The number of carbonyl (C=O) groups is 2. The van der Waals surface area contributed by atoms with E-state index in [1.807, 2.05) is 0 Å². The number of carboxylic acid groups (broad SMARTS) is 1. The second kappa shape index (κ2) is 3.49. The highest BCUT2D eigenvalue weighted by Crippen LogP contribution is 2.62. The van der Waals surface area contributed by atoms with Crippen LogP contribution >= 0.6 is 11.3 Å². The first kappa shape index (κ1) is 12.0. The first-order valence-corrected chi connectivity index (χ1v) is 5.52. The van der Waals surface area contributed by atoms with Gasteiger partial charge in [0.1, 0.15) is 4.88 Å². The van der Waals surface area contributed by atoms with Gasteiger partial charge in [-0.1, -0.05) is 0 Å². The maximum atomic E-state index is 13.3. The fourth-order valence-electron chi connectivity index (χ4n) is 1.82. The Bertz CT molecular complexity index is 496. The largest absolute Gasteiger partial charge is 0.480 e. The highest BCUT2D eigenvalue weighted by molar-refractivity contribution is 7.12. The van der Waals surface area contributed by atoms with E-state index in [4.69, 9.17) is 5.11 Å². The molecule has 0 spiro atoms. The molecule has 1 aliphatic rings. The summed E-state index contributed by atoms with van der Waals surface area (Å²) in [7, 11) is 1.12. The van der Waals surface area contributed by atoms with E-state index in [2.05, 4.69) is 4.74 Å². The molecule has 1 fully saturated rings. The third kappa shape index (κ3) is 1.45. The summed E-state index contributed by atoms with van der Waals surface area (Å²) in [5.74, 6) is -5.73. The Morgan fingerprint density at radius 3 is 2.53 bits per heavy atom. The Hall–Kier alpha value is -1.50. The van der Waals surface area contributed by atoms with Crippen LogP contribution in [0.5, 0.6) is 0 Å². The summed E-state index contributed by atoms with van der Waals surface area (Å²) in [6.07, 6.45) is -0.782. The molecule has 0 radical (unpaired) electrons. The van der Waals surface area contributed by atoms with Gasteiger partial charge < -0.3 is 9.84 Å². The van der Waals surface area contributed by atoms with Crippen LogP contribution in [0.3, 0.4) is 0 Å². The molecule has 1 heterocycles. The third-order valence-corrected chi connectivity index (χ3v) is 3.74. The van der Waals surface area contributed by atoms with Crippen LogP contribution in [-0.2, 0) is 14.9 Å². The predicted molar refractivity (Wildman–Crippen MR) is 54.5 cm³/mol. The minimum atomic E-state index is -3.32. The lowest BCUT2D eigenvalue weighted by atomic mass is 9.96. The van der Waals surface area contributed by atoms with Crippen molar-refractivity contribution in [2.24, 2.45) is 0 Å². The molecule has 1 saturated carbocycles. The molecule has 0 bridgehead atoms. The molecule has 1 N–H and O–H groups in total. The molecule has 1 aromatic rings. The van der Waals surface area contributed by atoms with E-state index in [9.17, 15) is 18.4 Å². The topological polar surface area (TPSA) is 63.6 Å². The third-order valence-electron chi connectivity index (χ3n) is 2.85. The Kier molecular flexibility index (Phi) is 2.46. The summed E-state index contributed by atoms with van der Waals surface area (Å²) in [6.45, 7) is 0. The fourth-order valence-corrected chi connectivity index (χ4v) is 2.71. The van der Waals surface area contributed by atoms with Gasteiger partial charge >= 0.3 is 11.9 Å². The van der Waals surface area contributed by atoms with Crippen molar-refractivity contribution in [3.8, 4) is 0 Å². The van der Waals surface area contributed by atoms with E-state index in [1.54, 1.807) is 0 Å². The average molecular weight is 262 g/mol. The number of methoxy groups -OCH3 is 1. The number of carbonyl (C=O) groups excluding carboxylic acids is 1. The second-order valence-corrected chi connectivity index (χ2v) is 4.66. The minimum absolute atomic E-state index is 0.0768. The zero-order valence-corrected chi connectivity index (χ0v) is 9.51. The number of thiophene rings is 1. The second-order valence-electron chi connectivity index (χ2n) is 3.75. The number of rotatable bonds is 3. The zero-order valence-electron chi connectivity index (χ0n) is 8.70. The molecule has 7 heteroatoms. The number of alkyl halides is 2. The Morgan fingerprint density at radius 1 is 1.53 bits per heavy atom. The molecule has 0 saturated heterocycles. The molecule has 92 valence electrons. The molecule has 0 aliphatic heterocycles. The number of aliphatic carboxylic acids is 1. The van der Waals surface area contributed by atoms with Crippen LogP contribution in [0.4, 0.5) is 8.78 Å². The smallest absolute Gasteiger partial charge is 0.348 e. The van der Waals surface area contributed by atoms with E-state index in [0.29, 0.717) is 0 Å². The standard InChI is InChI=1S/C10H8F2O4S/c1-16-7(13)6-5(2-3-17-6)9(8(14)15)4-10(9,11)12/h2-3H,4H2,1H3,(H,14,15). The molecule has 1 aromatic heterocycles. The van der Waals surface area contributed by atoms with Crippen molar-refractivity contribution in [1.29, 1.82) is 0 Å². The summed E-state index contributed by atoms with van der Waals surface area (Å²) in [4.78, 5) is 22.3. The van der Waals surface area contributed by atoms with Crippen LogP contribution in [0.1, 0.15) is 21.7 Å². The van der Waals surface area contributed by atoms with Gasteiger partial charge in [0.05, 0.1) is 7.11 Å². The Morgan fingerprint density at radius 2 is 2.12 bits per heavy atom. The van der Waals surface area contributed by atoms with Gasteiger partial charge in [-0.15, -0.1) is 11.3 Å². The fraction of sp³-hybridized carbons (Fsp3) is 0.400. The number of carboxylic acids is 1. The van der Waals surface area contributed by atoms with Crippen molar-refractivity contribution in [3.05, 3.63) is 21.9 Å². The molecular weight excluding hydrogens is 254 g/mol. The molecule has 0 aromatic carbocycles. The molecule has 0 amide bonds. The lowest BCUT2D eigenvalue weighted by molar-refractivity contribution is -0.142. The molecular formula is C10H8F2O4S. The Balaban J connectivity index is 2.51. The van der Waals surface area contributed by atoms with Gasteiger partial charge in [-0.05, 0) is 11.4 Å². The summed E-state index contributed by atoms with van der Waals surface area (Å²) in [6, 6.07) is 1.24. The van der Waals surface area contributed by atoms with Crippen LogP contribution in [0.2, 0.25) is 0 Å². The molecule has 1 unspecified atom stereocenters. The van der Waals surface area contributed by atoms with Crippen molar-refractivity contribution in [1.82, 2.24) is 0 Å². The van der Waals surface area contributed by atoms with Crippen molar-refractivity contribution >= 4 is 23.3 Å². The SMILES string of the molecule is COC(=O)c1sccc1C1(C(=O)O)CC1(F)F. The number of esters is 1. The minimum Gasteiger partial charge on any atom is -0.480 e. The zero-order chi connectivity index (χ0) is 12.8. The van der Waals surface area contributed by atoms with Gasteiger partial charge in [-0.2, -0.15) is 0 Å². The van der Waals surface area contributed by atoms with Crippen LogP contribution in [0.15, 0.2) is 11.4 Å². The van der Waals surface area contributed by atoms with Gasteiger partial charge in [-0.25, -0.2) is 13.6 Å². The quantitative estimate of drug-likeness (QED) is 0.845. The van der Waals surface area contributed by atoms with E-state index in [1.165, 1.54) is 11.4 Å². The average Bonchev–Trinajstić information content (AvgIpc) is 2.65. The van der Waals surface area contributed by atoms with E-state index in [-0.39, 0.29) is 10.4 Å². The van der Waals surface area contributed by atoms with Gasteiger partial charge in [-0.3, -0.25) is 4.79 Å². The van der Waals surface area contributed by atoms with Crippen LogP contribution in [-0.4, -0.2) is 30.1 Å². The van der Waals surface area contributed by atoms with Crippen LogP contribution in [0, 0.1) is 0 Å². The Labute approximate surface area is 98.8 Å². The lowest BCUT2D eigenvalue weighted by Gasteiger charge is -2.11. The number of ether oxygens (including phenoxy) is 1. The summed E-state index contributed by atoms with van der Waals surface area (Å²) < 4.78 is 31.0. The van der Waals surface area contributed by atoms with Gasteiger partial charge in [0.25, 0.3) is 5.92 Å². The van der Waals surface area contributed by atoms with Gasteiger partial charge in [0, 0.05) is 12.0 Å². The monoisotopic (exact) mass is 262 g/mol. The maximum Gasteiger partial charge on any atom is 0.348 e. The first-order valence-electron chi connectivity index (χ1n) is 4.64. The van der Waals surface area contributed by atoms with Gasteiger partial charge in [0.2, 0.25) is 0 Å². The summed E-state index contributed by atoms with van der Waals surface area (Å²) in [5.41, 5.74) is -2.43. The van der Waals surface area contributed by atoms with Crippen molar-refractivity contribution in [3.63, 3.8) is 0 Å². The molecule has 1 aliphatic carbocycles.